The van der Waals surface area contributed by atoms with Crippen LogP contribution in [-0.4, -0.2) is 53.7 Å². The predicted octanol–water partition coefficient (Wildman–Crippen LogP) is 2.33. The van der Waals surface area contributed by atoms with Crippen LogP contribution in [-0.2, 0) is 14.9 Å². The molecule has 1 atom stereocenters. The quantitative estimate of drug-likeness (QED) is 0.914. The highest BCUT2D eigenvalue weighted by Crippen LogP contribution is 2.31. The summed E-state index contributed by atoms with van der Waals surface area (Å²) in [5, 5.41) is 9.58. The van der Waals surface area contributed by atoms with E-state index in [4.69, 9.17) is 4.74 Å². The number of hydrogen-bond acceptors (Lipinski definition) is 4. The highest BCUT2D eigenvalue weighted by Gasteiger charge is 2.44. The molecule has 2 heterocycles. The Bertz CT molecular complexity index is 602. The lowest BCUT2D eigenvalue weighted by Crippen LogP contribution is -2.52. The van der Waals surface area contributed by atoms with Gasteiger partial charge in [0.1, 0.15) is 11.1 Å². The van der Waals surface area contributed by atoms with Gasteiger partial charge in [0.15, 0.2) is 0 Å². The van der Waals surface area contributed by atoms with Crippen LogP contribution in [0.25, 0.3) is 0 Å². The van der Waals surface area contributed by atoms with Crippen molar-refractivity contribution in [2.24, 2.45) is 5.41 Å². The third-order valence-electron chi connectivity index (χ3n) is 4.59. The second-order valence-corrected chi connectivity index (χ2v) is 7.53. The highest BCUT2D eigenvalue weighted by atomic mass is 16.5. The van der Waals surface area contributed by atoms with Crippen LogP contribution in [0, 0.1) is 5.41 Å². The van der Waals surface area contributed by atoms with Gasteiger partial charge < -0.3 is 14.7 Å². The van der Waals surface area contributed by atoms with Crippen molar-refractivity contribution >= 4 is 11.9 Å². The fraction of sp³-hybridized carbons (Fsp3) is 0.611. The van der Waals surface area contributed by atoms with Crippen LogP contribution in [0.4, 0.5) is 0 Å². The molecule has 1 amide bonds. The van der Waals surface area contributed by atoms with Crippen LogP contribution in [0.1, 0.15) is 49.7 Å². The highest BCUT2D eigenvalue weighted by molar-refractivity contribution is 5.93. The molecule has 0 aromatic carbocycles. The van der Waals surface area contributed by atoms with E-state index < -0.39 is 11.4 Å². The van der Waals surface area contributed by atoms with Gasteiger partial charge in [-0.3, -0.25) is 14.6 Å². The number of likely N-dealkylation sites (tertiary alicyclic amines) is 1. The van der Waals surface area contributed by atoms with Gasteiger partial charge in [-0.1, -0.05) is 26.8 Å². The SMILES string of the molecule is COCC1(C(=O)O)CCCN(C(=O)c2ccc(C(C)(C)C)cn2)C1. The summed E-state index contributed by atoms with van der Waals surface area (Å²) in [6.45, 7) is 7.05. The molecule has 1 saturated heterocycles. The summed E-state index contributed by atoms with van der Waals surface area (Å²) >= 11 is 0. The van der Waals surface area contributed by atoms with Gasteiger partial charge in [-0.25, -0.2) is 0 Å². The van der Waals surface area contributed by atoms with Crippen molar-refractivity contribution in [3.05, 3.63) is 29.6 Å². The number of pyridine rings is 1. The predicted molar refractivity (Wildman–Crippen MR) is 90.0 cm³/mol. The summed E-state index contributed by atoms with van der Waals surface area (Å²) < 4.78 is 5.10. The zero-order valence-corrected chi connectivity index (χ0v) is 14.8. The molecule has 1 aromatic heterocycles. The topological polar surface area (TPSA) is 79.7 Å². The number of carboxylic acids is 1. The molecule has 0 aliphatic carbocycles. The standard InChI is InChI=1S/C18H26N2O4/c1-17(2,3)13-6-7-14(19-10-13)15(21)20-9-5-8-18(11-20,12-24-4)16(22)23/h6-7,10H,5,8-9,11-12H2,1-4H3,(H,22,23). The summed E-state index contributed by atoms with van der Waals surface area (Å²) in [5.41, 5.74) is 0.337. The van der Waals surface area contributed by atoms with Crippen molar-refractivity contribution in [3.8, 4) is 0 Å². The van der Waals surface area contributed by atoms with E-state index in [-0.39, 0.29) is 24.5 Å². The molecule has 1 aromatic rings. The molecule has 0 saturated carbocycles. The maximum Gasteiger partial charge on any atom is 0.313 e. The van der Waals surface area contributed by atoms with Crippen molar-refractivity contribution in [2.45, 2.75) is 39.0 Å². The molecule has 1 unspecified atom stereocenters. The number of rotatable bonds is 4. The van der Waals surface area contributed by atoms with Crippen LogP contribution in [0.2, 0.25) is 0 Å². The number of nitrogens with zero attached hydrogens (tertiary/aromatic N) is 2. The molecule has 1 aliphatic rings. The number of carboxylic acid groups (broad SMARTS) is 1. The van der Waals surface area contributed by atoms with Gasteiger partial charge in [0.05, 0.1) is 6.61 Å². The molecular formula is C18H26N2O4. The lowest BCUT2D eigenvalue weighted by molar-refractivity contribution is -0.155. The summed E-state index contributed by atoms with van der Waals surface area (Å²) in [6.07, 6.45) is 2.87. The first-order valence-corrected chi connectivity index (χ1v) is 8.18. The maximum atomic E-state index is 12.7. The average molecular weight is 334 g/mol. The Hall–Kier alpha value is -1.95. The van der Waals surface area contributed by atoms with E-state index in [1.165, 1.54) is 7.11 Å². The first-order chi connectivity index (χ1) is 11.2. The lowest BCUT2D eigenvalue weighted by atomic mass is 9.80. The van der Waals surface area contributed by atoms with Gasteiger partial charge in [0, 0.05) is 26.4 Å². The third kappa shape index (κ3) is 3.75. The second kappa shape index (κ2) is 6.89. The third-order valence-corrected chi connectivity index (χ3v) is 4.59. The van der Waals surface area contributed by atoms with Crippen molar-refractivity contribution in [2.75, 3.05) is 26.8 Å². The Kier molecular flexibility index (Phi) is 5.28. The molecule has 2 rings (SSSR count). The molecule has 6 heteroatoms. The largest absolute Gasteiger partial charge is 0.481 e. The molecule has 0 radical (unpaired) electrons. The van der Waals surface area contributed by atoms with E-state index in [0.717, 1.165) is 5.56 Å². The minimum Gasteiger partial charge on any atom is -0.481 e. The fourth-order valence-corrected chi connectivity index (χ4v) is 3.06. The Balaban J connectivity index is 2.18. The van der Waals surface area contributed by atoms with Gasteiger partial charge in [-0.15, -0.1) is 0 Å². The first kappa shape index (κ1) is 18.4. The van der Waals surface area contributed by atoms with Crippen molar-refractivity contribution in [3.63, 3.8) is 0 Å². The monoisotopic (exact) mass is 334 g/mol. The number of ether oxygens (including phenoxy) is 1. The molecule has 0 bridgehead atoms. The number of carbonyl (C=O) groups excluding carboxylic acids is 1. The molecule has 0 spiro atoms. The summed E-state index contributed by atoms with van der Waals surface area (Å²) in [5.74, 6) is -1.14. The van der Waals surface area contributed by atoms with Gasteiger partial charge in [0.25, 0.3) is 5.91 Å². The van der Waals surface area contributed by atoms with Crippen molar-refractivity contribution in [1.29, 1.82) is 0 Å². The zero-order valence-electron chi connectivity index (χ0n) is 14.8. The van der Waals surface area contributed by atoms with Crippen LogP contribution >= 0.6 is 0 Å². The van der Waals surface area contributed by atoms with Crippen LogP contribution in [0.15, 0.2) is 18.3 Å². The van der Waals surface area contributed by atoms with Gasteiger partial charge in [-0.2, -0.15) is 0 Å². The maximum absolute atomic E-state index is 12.7. The van der Waals surface area contributed by atoms with Crippen molar-refractivity contribution in [1.82, 2.24) is 9.88 Å². The minimum absolute atomic E-state index is 0.0311. The number of methoxy groups -OCH3 is 1. The summed E-state index contributed by atoms with van der Waals surface area (Å²) in [7, 11) is 1.48. The fourth-order valence-electron chi connectivity index (χ4n) is 3.06. The number of carbonyl (C=O) groups is 2. The number of piperidine rings is 1. The van der Waals surface area contributed by atoms with E-state index >= 15 is 0 Å². The molecule has 1 fully saturated rings. The van der Waals surface area contributed by atoms with Gasteiger partial charge >= 0.3 is 5.97 Å². The number of aromatic nitrogens is 1. The second-order valence-electron chi connectivity index (χ2n) is 7.53. The first-order valence-electron chi connectivity index (χ1n) is 8.18. The zero-order chi connectivity index (χ0) is 18.0. The number of hydrogen-bond donors (Lipinski definition) is 1. The smallest absolute Gasteiger partial charge is 0.313 e. The van der Waals surface area contributed by atoms with E-state index in [1.54, 1.807) is 17.2 Å². The van der Waals surface area contributed by atoms with E-state index in [2.05, 4.69) is 25.8 Å². The molecular weight excluding hydrogens is 308 g/mol. The van der Waals surface area contributed by atoms with Crippen molar-refractivity contribution < 1.29 is 19.4 Å². The van der Waals surface area contributed by atoms with Gasteiger partial charge in [-0.05, 0) is 29.9 Å². The normalized spacial score (nSPS) is 21.6. The van der Waals surface area contributed by atoms with E-state index in [0.29, 0.717) is 25.1 Å². The Morgan fingerprint density at radius 1 is 1.38 bits per heavy atom. The van der Waals surface area contributed by atoms with Crippen LogP contribution in [0.5, 0.6) is 0 Å². The Morgan fingerprint density at radius 3 is 2.58 bits per heavy atom. The van der Waals surface area contributed by atoms with Crippen LogP contribution in [0.3, 0.4) is 0 Å². The Morgan fingerprint density at radius 2 is 2.08 bits per heavy atom. The number of amides is 1. The van der Waals surface area contributed by atoms with E-state index in [1.807, 2.05) is 6.07 Å². The molecule has 24 heavy (non-hydrogen) atoms. The molecule has 1 aliphatic heterocycles. The lowest BCUT2D eigenvalue weighted by Gasteiger charge is -2.39. The summed E-state index contributed by atoms with van der Waals surface area (Å²) in [6, 6.07) is 3.63. The summed E-state index contributed by atoms with van der Waals surface area (Å²) in [4.78, 5) is 30.3. The van der Waals surface area contributed by atoms with Gasteiger partial charge in [0.2, 0.25) is 0 Å². The average Bonchev–Trinajstić information content (AvgIpc) is 2.54. The minimum atomic E-state index is -1.03. The molecule has 132 valence electrons. The Labute approximate surface area is 142 Å². The number of aliphatic carboxylic acids is 1. The molecule has 6 nitrogen and oxygen atoms in total. The van der Waals surface area contributed by atoms with E-state index in [9.17, 15) is 14.7 Å². The van der Waals surface area contributed by atoms with Crippen LogP contribution < -0.4 is 0 Å². The molecule has 1 N–H and O–H groups in total.